The highest BCUT2D eigenvalue weighted by molar-refractivity contribution is 7.89. The summed E-state index contributed by atoms with van der Waals surface area (Å²) in [5.74, 6) is 0.0807. The first-order chi connectivity index (χ1) is 9.78. The molecule has 1 aromatic rings. The van der Waals surface area contributed by atoms with Gasteiger partial charge in [-0.25, -0.2) is 8.42 Å². The van der Waals surface area contributed by atoms with Crippen LogP contribution in [0.1, 0.15) is 20.3 Å². The minimum atomic E-state index is -3.85. The molecule has 8 heteroatoms. The molecule has 0 saturated carbocycles. The van der Waals surface area contributed by atoms with Gasteiger partial charge in [0.05, 0.1) is 15.9 Å². The number of non-ortho nitro benzene ring substituents is 1. The molecule has 0 radical (unpaired) electrons. The highest BCUT2D eigenvalue weighted by atomic mass is 32.2. The Hall–Kier alpha value is -1.98. The Kier molecular flexibility index (Phi) is 5.81. The highest BCUT2D eigenvalue weighted by Crippen LogP contribution is 2.21. The van der Waals surface area contributed by atoms with E-state index in [1.807, 2.05) is 19.9 Å². The van der Waals surface area contributed by atoms with E-state index in [4.69, 9.17) is 5.26 Å². The summed E-state index contributed by atoms with van der Waals surface area (Å²) >= 11 is 0. The molecule has 0 saturated heterocycles. The Bertz CT molecular complexity index is 650. The first-order valence-electron chi connectivity index (χ1n) is 6.40. The maximum Gasteiger partial charge on any atom is 0.270 e. The van der Waals surface area contributed by atoms with Crippen molar-refractivity contribution in [1.82, 2.24) is 4.31 Å². The number of hydrogen-bond donors (Lipinski definition) is 0. The molecule has 21 heavy (non-hydrogen) atoms. The van der Waals surface area contributed by atoms with E-state index in [9.17, 15) is 18.5 Å². The fourth-order valence-corrected chi connectivity index (χ4v) is 3.44. The molecule has 0 bridgehead atoms. The van der Waals surface area contributed by atoms with Crippen molar-refractivity contribution in [2.75, 3.05) is 13.1 Å². The monoisotopic (exact) mass is 311 g/mol. The molecule has 114 valence electrons. The second kappa shape index (κ2) is 7.15. The summed E-state index contributed by atoms with van der Waals surface area (Å²) < 4.78 is 26.3. The number of nitriles is 1. The molecule has 0 unspecified atom stereocenters. The van der Waals surface area contributed by atoms with Crippen LogP contribution in [-0.4, -0.2) is 30.7 Å². The first-order valence-corrected chi connectivity index (χ1v) is 7.84. The third-order valence-electron chi connectivity index (χ3n) is 2.71. The van der Waals surface area contributed by atoms with Crippen LogP contribution < -0.4 is 0 Å². The van der Waals surface area contributed by atoms with Gasteiger partial charge in [0, 0.05) is 31.6 Å². The van der Waals surface area contributed by atoms with Gasteiger partial charge in [-0.15, -0.1) is 0 Å². The molecule has 0 fully saturated rings. The summed E-state index contributed by atoms with van der Waals surface area (Å²) in [5, 5.41) is 19.4. The molecule has 0 aliphatic heterocycles. The number of nitro groups is 1. The standard InChI is InChI=1S/C13H17N3O4S/c1-11(2)10-15(8-4-7-14)21(19,20)13-6-3-5-12(9-13)16(17)18/h3,5-6,9,11H,4,8,10H2,1-2H3. The zero-order valence-corrected chi connectivity index (χ0v) is 12.7. The van der Waals surface area contributed by atoms with Crippen molar-refractivity contribution in [1.29, 1.82) is 5.26 Å². The smallest absolute Gasteiger partial charge is 0.258 e. The molecule has 0 aromatic heterocycles. The minimum Gasteiger partial charge on any atom is -0.258 e. The third kappa shape index (κ3) is 4.51. The number of nitrogens with zero attached hydrogens (tertiary/aromatic N) is 3. The summed E-state index contributed by atoms with van der Waals surface area (Å²) in [6, 6.07) is 6.84. The van der Waals surface area contributed by atoms with Crippen LogP contribution in [0.4, 0.5) is 5.69 Å². The van der Waals surface area contributed by atoms with E-state index in [0.29, 0.717) is 0 Å². The maximum atomic E-state index is 12.5. The van der Waals surface area contributed by atoms with Crippen LogP contribution in [0, 0.1) is 27.4 Å². The van der Waals surface area contributed by atoms with E-state index in [1.54, 1.807) is 0 Å². The molecular weight excluding hydrogens is 294 g/mol. The van der Waals surface area contributed by atoms with Crippen LogP contribution in [0.3, 0.4) is 0 Å². The number of benzene rings is 1. The van der Waals surface area contributed by atoms with E-state index in [0.717, 1.165) is 6.07 Å². The highest BCUT2D eigenvalue weighted by Gasteiger charge is 2.26. The molecule has 0 aliphatic carbocycles. The van der Waals surface area contributed by atoms with Gasteiger partial charge < -0.3 is 0 Å². The summed E-state index contributed by atoms with van der Waals surface area (Å²) in [6.07, 6.45) is 0.0703. The normalized spacial score (nSPS) is 11.6. The lowest BCUT2D eigenvalue weighted by atomic mass is 10.2. The lowest BCUT2D eigenvalue weighted by molar-refractivity contribution is -0.385. The number of nitro benzene ring substituents is 1. The summed E-state index contributed by atoms with van der Waals surface area (Å²) in [5.41, 5.74) is -0.277. The van der Waals surface area contributed by atoms with E-state index in [-0.39, 0.29) is 36.0 Å². The molecule has 1 aromatic carbocycles. The van der Waals surface area contributed by atoms with E-state index < -0.39 is 14.9 Å². The largest absolute Gasteiger partial charge is 0.270 e. The summed E-state index contributed by atoms with van der Waals surface area (Å²) in [7, 11) is -3.85. The SMILES string of the molecule is CC(C)CN(CCC#N)S(=O)(=O)c1cccc([N+](=O)[O-])c1. The van der Waals surface area contributed by atoms with Gasteiger partial charge >= 0.3 is 0 Å². The minimum absolute atomic E-state index is 0.0692. The average molecular weight is 311 g/mol. The molecule has 0 amide bonds. The van der Waals surface area contributed by atoms with Crippen LogP contribution in [0.15, 0.2) is 29.2 Å². The predicted octanol–water partition coefficient (Wildman–Crippen LogP) is 2.16. The molecule has 1 rings (SSSR count). The van der Waals surface area contributed by atoms with Gasteiger partial charge in [0.25, 0.3) is 5.69 Å². The Balaban J connectivity index is 3.18. The van der Waals surface area contributed by atoms with Crippen molar-refractivity contribution in [3.8, 4) is 6.07 Å². The number of rotatable bonds is 7. The van der Waals surface area contributed by atoms with Crippen LogP contribution in [-0.2, 0) is 10.0 Å². The van der Waals surface area contributed by atoms with Gasteiger partial charge in [-0.1, -0.05) is 19.9 Å². The Morgan fingerprint density at radius 2 is 2.10 bits per heavy atom. The zero-order valence-electron chi connectivity index (χ0n) is 11.9. The molecule has 0 spiro atoms. The van der Waals surface area contributed by atoms with Crippen LogP contribution in [0.2, 0.25) is 0 Å². The van der Waals surface area contributed by atoms with Crippen molar-refractivity contribution in [3.63, 3.8) is 0 Å². The van der Waals surface area contributed by atoms with E-state index in [1.165, 1.54) is 22.5 Å². The third-order valence-corrected chi connectivity index (χ3v) is 4.57. The topological polar surface area (TPSA) is 104 Å². The Morgan fingerprint density at radius 3 is 2.62 bits per heavy atom. The lowest BCUT2D eigenvalue weighted by Gasteiger charge is -2.22. The molecule has 0 heterocycles. The van der Waals surface area contributed by atoms with E-state index >= 15 is 0 Å². The second-order valence-corrected chi connectivity index (χ2v) is 6.86. The van der Waals surface area contributed by atoms with Crippen molar-refractivity contribution in [2.24, 2.45) is 5.92 Å². The van der Waals surface area contributed by atoms with Gasteiger partial charge in [-0.2, -0.15) is 9.57 Å². The molecule has 0 aliphatic rings. The number of sulfonamides is 1. The first kappa shape index (κ1) is 17.1. The van der Waals surface area contributed by atoms with Gasteiger partial charge in [0.1, 0.15) is 0 Å². The number of hydrogen-bond acceptors (Lipinski definition) is 5. The zero-order chi connectivity index (χ0) is 16.0. The maximum absolute atomic E-state index is 12.5. The van der Waals surface area contributed by atoms with Crippen LogP contribution in [0.5, 0.6) is 0 Å². The molecule has 0 N–H and O–H groups in total. The second-order valence-electron chi connectivity index (χ2n) is 4.92. The van der Waals surface area contributed by atoms with Crippen LogP contribution in [0.25, 0.3) is 0 Å². The van der Waals surface area contributed by atoms with Crippen molar-refractivity contribution < 1.29 is 13.3 Å². The quantitative estimate of drug-likeness (QED) is 0.567. The Morgan fingerprint density at radius 1 is 1.43 bits per heavy atom. The van der Waals surface area contributed by atoms with Crippen molar-refractivity contribution in [3.05, 3.63) is 34.4 Å². The average Bonchev–Trinajstić information content (AvgIpc) is 2.43. The fourth-order valence-electron chi connectivity index (χ4n) is 1.80. The summed E-state index contributed by atoms with van der Waals surface area (Å²) in [4.78, 5) is 9.99. The van der Waals surface area contributed by atoms with Gasteiger partial charge in [-0.05, 0) is 12.0 Å². The van der Waals surface area contributed by atoms with Gasteiger partial charge in [-0.3, -0.25) is 10.1 Å². The Labute approximate surface area is 124 Å². The van der Waals surface area contributed by atoms with Crippen molar-refractivity contribution in [2.45, 2.75) is 25.2 Å². The summed E-state index contributed by atoms with van der Waals surface area (Å²) in [6.45, 7) is 4.05. The van der Waals surface area contributed by atoms with Gasteiger partial charge in [0.2, 0.25) is 10.0 Å². The van der Waals surface area contributed by atoms with Crippen LogP contribution >= 0.6 is 0 Å². The predicted molar refractivity (Wildman–Crippen MR) is 76.9 cm³/mol. The molecule has 7 nitrogen and oxygen atoms in total. The molecular formula is C13H17N3O4S. The van der Waals surface area contributed by atoms with Crippen molar-refractivity contribution >= 4 is 15.7 Å². The van der Waals surface area contributed by atoms with E-state index in [2.05, 4.69) is 0 Å². The fraction of sp³-hybridized carbons (Fsp3) is 0.462. The van der Waals surface area contributed by atoms with Gasteiger partial charge in [0.15, 0.2) is 0 Å². The lowest BCUT2D eigenvalue weighted by Crippen LogP contribution is -2.35. The molecule has 0 atom stereocenters.